The predicted molar refractivity (Wildman–Crippen MR) is 37.0 cm³/mol. The molecule has 1 aliphatic rings. The van der Waals surface area contributed by atoms with Crippen molar-refractivity contribution in [3.63, 3.8) is 0 Å². The van der Waals surface area contributed by atoms with Crippen molar-refractivity contribution < 1.29 is 13.2 Å². The Morgan fingerprint density at radius 3 is 2.55 bits per heavy atom. The molecule has 0 bridgehead atoms. The van der Waals surface area contributed by atoms with E-state index < -0.39 is 11.7 Å². The third-order valence-electron chi connectivity index (χ3n) is 1.32. The molecule has 0 fully saturated rings. The molecular formula is C8H7F3. The lowest BCUT2D eigenvalue weighted by molar-refractivity contribution is -0.0883. The molecule has 0 aliphatic heterocycles. The van der Waals surface area contributed by atoms with Gasteiger partial charge in [0.25, 0.3) is 0 Å². The van der Waals surface area contributed by atoms with Crippen LogP contribution in [0.2, 0.25) is 0 Å². The minimum atomic E-state index is -4.21. The molecular weight excluding hydrogens is 153 g/mol. The van der Waals surface area contributed by atoms with Crippen molar-refractivity contribution in [2.24, 2.45) is 0 Å². The third-order valence-corrected chi connectivity index (χ3v) is 1.32. The summed E-state index contributed by atoms with van der Waals surface area (Å²) in [6, 6.07) is 0. The van der Waals surface area contributed by atoms with Crippen molar-refractivity contribution in [3.05, 3.63) is 36.0 Å². The summed E-state index contributed by atoms with van der Waals surface area (Å²) in [5.41, 5.74) is -0.567. The topological polar surface area (TPSA) is 0 Å². The fourth-order valence-electron chi connectivity index (χ4n) is 0.790. The predicted octanol–water partition coefficient (Wildman–Crippen LogP) is 2.99. The van der Waals surface area contributed by atoms with Crippen LogP contribution in [0.15, 0.2) is 36.0 Å². The third kappa shape index (κ3) is 2.26. The maximum absolute atomic E-state index is 12.0. The van der Waals surface area contributed by atoms with Crippen LogP contribution in [-0.2, 0) is 0 Å². The van der Waals surface area contributed by atoms with Gasteiger partial charge in [-0.3, -0.25) is 0 Å². The highest BCUT2D eigenvalue weighted by Gasteiger charge is 2.31. The van der Waals surface area contributed by atoms with Gasteiger partial charge >= 0.3 is 6.18 Å². The number of halogens is 3. The molecule has 0 aromatic rings. The highest BCUT2D eigenvalue weighted by atomic mass is 19.4. The SMILES string of the molecule is FC(F)(F)C1=CCC=CC=C1. The van der Waals surface area contributed by atoms with E-state index in [9.17, 15) is 13.2 Å². The Morgan fingerprint density at radius 1 is 1.18 bits per heavy atom. The first-order chi connectivity index (χ1) is 5.11. The molecule has 1 rings (SSSR count). The highest BCUT2D eigenvalue weighted by molar-refractivity contribution is 5.29. The quantitative estimate of drug-likeness (QED) is 0.511. The molecule has 0 unspecified atom stereocenters. The summed E-state index contributed by atoms with van der Waals surface area (Å²) in [5.74, 6) is 0. The average Bonchev–Trinajstić information content (AvgIpc) is 2.10. The van der Waals surface area contributed by atoms with Crippen LogP contribution in [0.3, 0.4) is 0 Å². The van der Waals surface area contributed by atoms with Gasteiger partial charge in [-0.1, -0.05) is 30.4 Å². The second-order valence-corrected chi connectivity index (χ2v) is 2.18. The van der Waals surface area contributed by atoms with Crippen LogP contribution < -0.4 is 0 Å². The zero-order chi connectivity index (χ0) is 8.32. The molecule has 0 spiro atoms. The first-order valence-corrected chi connectivity index (χ1v) is 3.21. The molecule has 0 saturated carbocycles. The molecule has 3 heteroatoms. The highest BCUT2D eigenvalue weighted by Crippen LogP contribution is 2.27. The number of allylic oxidation sites excluding steroid dienone is 6. The van der Waals surface area contributed by atoms with Gasteiger partial charge in [0.2, 0.25) is 0 Å². The van der Waals surface area contributed by atoms with E-state index in [2.05, 4.69) is 0 Å². The van der Waals surface area contributed by atoms with Crippen LogP contribution >= 0.6 is 0 Å². The minimum Gasteiger partial charge on any atom is -0.166 e. The number of hydrogen-bond donors (Lipinski definition) is 0. The van der Waals surface area contributed by atoms with Crippen LogP contribution in [0, 0.1) is 0 Å². The second kappa shape index (κ2) is 2.95. The Morgan fingerprint density at radius 2 is 1.91 bits per heavy atom. The summed E-state index contributed by atoms with van der Waals surface area (Å²) in [7, 11) is 0. The lowest BCUT2D eigenvalue weighted by Crippen LogP contribution is -2.09. The maximum Gasteiger partial charge on any atom is 0.416 e. The van der Waals surface area contributed by atoms with E-state index in [4.69, 9.17) is 0 Å². The van der Waals surface area contributed by atoms with E-state index in [1.165, 1.54) is 12.2 Å². The first-order valence-electron chi connectivity index (χ1n) is 3.21. The summed E-state index contributed by atoms with van der Waals surface area (Å²) in [5, 5.41) is 0. The fraction of sp³-hybridized carbons (Fsp3) is 0.250. The van der Waals surface area contributed by atoms with E-state index in [1.807, 2.05) is 0 Å². The van der Waals surface area contributed by atoms with Gasteiger partial charge in [-0.15, -0.1) is 0 Å². The zero-order valence-electron chi connectivity index (χ0n) is 5.73. The normalized spacial score (nSPS) is 17.9. The average molecular weight is 160 g/mol. The lowest BCUT2D eigenvalue weighted by Gasteiger charge is -2.05. The van der Waals surface area contributed by atoms with Crippen LogP contribution in [0.1, 0.15) is 6.42 Å². The first kappa shape index (κ1) is 8.11. The zero-order valence-corrected chi connectivity index (χ0v) is 5.73. The molecule has 0 amide bonds. The van der Waals surface area contributed by atoms with Crippen molar-refractivity contribution in [1.82, 2.24) is 0 Å². The molecule has 0 N–H and O–H groups in total. The minimum absolute atomic E-state index is 0.349. The molecule has 0 radical (unpaired) electrons. The molecule has 0 aromatic carbocycles. The smallest absolute Gasteiger partial charge is 0.166 e. The number of alkyl halides is 3. The Kier molecular flexibility index (Phi) is 2.17. The lowest BCUT2D eigenvalue weighted by atomic mass is 10.2. The summed E-state index contributed by atoms with van der Waals surface area (Å²) in [6.07, 6.45) is 3.06. The fourth-order valence-corrected chi connectivity index (χ4v) is 0.790. The van der Waals surface area contributed by atoms with E-state index in [0.717, 1.165) is 6.08 Å². The molecule has 0 aromatic heterocycles. The van der Waals surface area contributed by atoms with Gasteiger partial charge < -0.3 is 0 Å². The molecule has 1 aliphatic carbocycles. The van der Waals surface area contributed by atoms with E-state index in [0.29, 0.717) is 6.42 Å². The molecule has 0 nitrogen and oxygen atoms in total. The Hall–Kier alpha value is -0.990. The summed E-state index contributed by atoms with van der Waals surface area (Å²) in [4.78, 5) is 0. The molecule has 60 valence electrons. The molecule has 0 saturated heterocycles. The molecule has 0 atom stereocenters. The van der Waals surface area contributed by atoms with Gasteiger partial charge in [0, 0.05) is 0 Å². The maximum atomic E-state index is 12.0. The van der Waals surface area contributed by atoms with Gasteiger partial charge in [0.15, 0.2) is 0 Å². The number of rotatable bonds is 0. The van der Waals surface area contributed by atoms with Gasteiger partial charge in [-0.2, -0.15) is 13.2 Å². The van der Waals surface area contributed by atoms with Crippen LogP contribution in [0.4, 0.5) is 13.2 Å². The number of hydrogen-bond acceptors (Lipinski definition) is 0. The van der Waals surface area contributed by atoms with Crippen LogP contribution in [0.5, 0.6) is 0 Å². The standard InChI is InChI=1S/C8H7F3/c9-8(10,11)7-5-3-1-2-4-6-7/h1-3,5-6H,4H2. The molecule has 0 heterocycles. The van der Waals surface area contributed by atoms with Crippen molar-refractivity contribution in [2.45, 2.75) is 12.6 Å². The van der Waals surface area contributed by atoms with Crippen LogP contribution in [-0.4, -0.2) is 6.18 Å². The Bertz CT molecular complexity index is 218. The Balaban J connectivity index is 2.81. The van der Waals surface area contributed by atoms with Gasteiger partial charge in [-0.05, 0) is 6.42 Å². The van der Waals surface area contributed by atoms with Crippen molar-refractivity contribution >= 4 is 0 Å². The monoisotopic (exact) mass is 160 g/mol. The van der Waals surface area contributed by atoms with Crippen molar-refractivity contribution in [1.29, 1.82) is 0 Å². The summed E-state index contributed by atoms with van der Waals surface area (Å²) >= 11 is 0. The van der Waals surface area contributed by atoms with Crippen molar-refractivity contribution in [2.75, 3.05) is 0 Å². The summed E-state index contributed by atoms with van der Waals surface area (Å²) < 4.78 is 35.9. The van der Waals surface area contributed by atoms with Crippen LogP contribution in [0.25, 0.3) is 0 Å². The van der Waals surface area contributed by atoms with E-state index in [-0.39, 0.29) is 0 Å². The van der Waals surface area contributed by atoms with Gasteiger partial charge in [0.1, 0.15) is 0 Å². The van der Waals surface area contributed by atoms with E-state index in [1.54, 1.807) is 12.2 Å². The van der Waals surface area contributed by atoms with Gasteiger partial charge in [0.05, 0.1) is 5.57 Å². The van der Waals surface area contributed by atoms with Crippen molar-refractivity contribution in [3.8, 4) is 0 Å². The second-order valence-electron chi connectivity index (χ2n) is 2.18. The van der Waals surface area contributed by atoms with E-state index >= 15 is 0 Å². The van der Waals surface area contributed by atoms with Gasteiger partial charge in [-0.25, -0.2) is 0 Å². The largest absolute Gasteiger partial charge is 0.416 e. The summed E-state index contributed by atoms with van der Waals surface area (Å²) in [6.45, 7) is 0. The molecule has 11 heavy (non-hydrogen) atoms. The Labute approximate surface area is 62.7 Å².